The predicted octanol–water partition coefficient (Wildman–Crippen LogP) is 3.01. The molecule has 1 aromatic heterocycles. The molecule has 1 rings (SSSR count). The van der Waals surface area contributed by atoms with Gasteiger partial charge in [-0.05, 0) is 18.9 Å². The molecule has 0 N–H and O–H groups in total. The zero-order chi connectivity index (χ0) is 12.7. The topological polar surface area (TPSA) is 34.9 Å². The number of allylic oxidation sites excluding steroid dienone is 4. The molecule has 1 heterocycles. The number of hydrogen-bond donors (Lipinski definition) is 0. The lowest BCUT2D eigenvalue weighted by atomic mass is 10.2. The smallest absolute Gasteiger partial charge is 0.129 e. The standard InChI is InChI=1S/C14H18N2O/c1-4-5-7-12(2)14-10-15-11-16(14)9-6-8-13(3)17/h4-5,7,10-11H,1-2,6,8-9H2,3H3/b7-5-. The van der Waals surface area contributed by atoms with Crippen molar-refractivity contribution in [3.05, 3.63) is 49.6 Å². The fourth-order valence-electron chi connectivity index (χ4n) is 1.53. The number of carbonyl (C=O) groups excluding carboxylic acids is 1. The Morgan fingerprint density at radius 2 is 2.35 bits per heavy atom. The molecule has 17 heavy (non-hydrogen) atoms. The van der Waals surface area contributed by atoms with Crippen LogP contribution in [-0.4, -0.2) is 15.3 Å². The van der Waals surface area contributed by atoms with E-state index in [0.717, 1.165) is 24.2 Å². The second kappa shape index (κ2) is 6.63. The number of rotatable bonds is 7. The summed E-state index contributed by atoms with van der Waals surface area (Å²) in [7, 11) is 0. The van der Waals surface area contributed by atoms with E-state index in [-0.39, 0.29) is 5.78 Å². The summed E-state index contributed by atoms with van der Waals surface area (Å²) in [5, 5.41) is 0. The van der Waals surface area contributed by atoms with Gasteiger partial charge in [0.25, 0.3) is 0 Å². The van der Waals surface area contributed by atoms with Crippen molar-refractivity contribution in [2.24, 2.45) is 0 Å². The van der Waals surface area contributed by atoms with Crippen LogP contribution in [0.1, 0.15) is 25.5 Å². The molecule has 0 saturated carbocycles. The Kier molecular flexibility index (Phi) is 5.14. The Bertz CT molecular complexity index is 441. The number of carbonyl (C=O) groups is 1. The summed E-state index contributed by atoms with van der Waals surface area (Å²) in [4.78, 5) is 15.0. The van der Waals surface area contributed by atoms with Crippen LogP contribution in [0.15, 0.2) is 43.9 Å². The number of aryl methyl sites for hydroxylation is 1. The van der Waals surface area contributed by atoms with Crippen molar-refractivity contribution in [2.75, 3.05) is 0 Å². The van der Waals surface area contributed by atoms with Gasteiger partial charge in [-0.3, -0.25) is 0 Å². The lowest BCUT2D eigenvalue weighted by molar-refractivity contribution is -0.117. The minimum Gasteiger partial charge on any atom is -0.331 e. The minimum absolute atomic E-state index is 0.219. The van der Waals surface area contributed by atoms with Crippen molar-refractivity contribution in [1.82, 2.24) is 9.55 Å². The zero-order valence-corrected chi connectivity index (χ0v) is 10.2. The van der Waals surface area contributed by atoms with Crippen molar-refractivity contribution in [2.45, 2.75) is 26.3 Å². The molecule has 0 bridgehead atoms. The van der Waals surface area contributed by atoms with Gasteiger partial charge in [0.05, 0.1) is 18.2 Å². The third-order valence-corrected chi connectivity index (χ3v) is 2.40. The summed E-state index contributed by atoms with van der Waals surface area (Å²) >= 11 is 0. The van der Waals surface area contributed by atoms with E-state index in [0.29, 0.717) is 6.42 Å². The molecular weight excluding hydrogens is 212 g/mol. The summed E-state index contributed by atoms with van der Waals surface area (Å²) in [6.45, 7) is 9.99. The van der Waals surface area contributed by atoms with Gasteiger partial charge in [-0.25, -0.2) is 4.98 Å². The number of nitrogens with zero attached hydrogens (tertiary/aromatic N) is 2. The lowest BCUT2D eigenvalue weighted by Gasteiger charge is -2.07. The Labute approximate surface area is 102 Å². The molecule has 90 valence electrons. The third kappa shape index (κ3) is 4.23. The Morgan fingerprint density at radius 3 is 3.00 bits per heavy atom. The number of Topliss-reactive ketones (excluding diaryl/α,β-unsaturated/α-hetero) is 1. The van der Waals surface area contributed by atoms with Gasteiger partial charge in [-0.15, -0.1) is 0 Å². The van der Waals surface area contributed by atoms with Crippen LogP contribution in [0.25, 0.3) is 5.57 Å². The van der Waals surface area contributed by atoms with Crippen LogP contribution >= 0.6 is 0 Å². The van der Waals surface area contributed by atoms with E-state index < -0.39 is 0 Å². The van der Waals surface area contributed by atoms with E-state index in [1.54, 1.807) is 25.5 Å². The monoisotopic (exact) mass is 230 g/mol. The lowest BCUT2D eigenvalue weighted by Crippen LogP contribution is -2.02. The molecule has 0 spiro atoms. The van der Waals surface area contributed by atoms with Gasteiger partial charge < -0.3 is 9.36 Å². The van der Waals surface area contributed by atoms with E-state index in [9.17, 15) is 4.79 Å². The number of imidazole rings is 1. The van der Waals surface area contributed by atoms with Gasteiger partial charge in [0.1, 0.15) is 5.78 Å². The molecule has 0 fully saturated rings. The maximum Gasteiger partial charge on any atom is 0.129 e. The molecule has 0 radical (unpaired) electrons. The van der Waals surface area contributed by atoms with Gasteiger partial charge >= 0.3 is 0 Å². The number of ketones is 1. The van der Waals surface area contributed by atoms with E-state index in [2.05, 4.69) is 18.1 Å². The van der Waals surface area contributed by atoms with Crippen molar-refractivity contribution in [1.29, 1.82) is 0 Å². The average Bonchev–Trinajstić information content (AvgIpc) is 2.73. The minimum atomic E-state index is 0.219. The van der Waals surface area contributed by atoms with E-state index >= 15 is 0 Å². The molecule has 3 nitrogen and oxygen atoms in total. The molecule has 1 aromatic rings. The van der Waals surface area contributed by atoms with E-state index in [1.165, 1.54) is 0 Å². The predicted molar refractivity (Wildman–Crippen MR) is 70.5 cm³/mol. The van der Waals surface area contributed by atoms with Crippen LogP contribution in [-0.2, 0) is 11.3 Å². The van der Waals surface area contributed by atoms with Crippen LogP contribution in [0.5, 0.6) is 0 Å². The highest BCUT2D eigenvalue weighted by Crippen LogP contribution is 2.14. The average molecular weight is 230 g/mol. The van der Waals surface area contributed by atoms with Gasteiger partial charge in [-0.2, -0.15) is 0 Å². The maximum atomic E-state index is 10.9. The third-order valence-electron chi connectivity index (χ3n) is 2.40. The Morgan fingerprint density at radius 1 is 1.59 bits per heavy atom. The van der Waals surface area contributed by atoms with Crippen LogP contribution < -0.4 is 0 Å². The van der Waals surface area contributed by atoms with Crippen molar-refractivity contribution in [3.63, 3.8) is 0 Å². The second-order valence-corrected chi connectivity index (χ2v) is 3.90. The summed E-state index contributed by atoms with van der Waals surface area (Å²) in [6, 6.07) is 0. The van der Waals surface area contributed by atoms with Crippen molar-refractivity contribution >= 4 is 11.4 Å². The highest BCUT2D eigenvalue weighted by molar-refractivity contribution is 5.75. The van der Waals surface area contributed by atoms with Crippen LogP contribution in [0.2, 0.25) is 0 Å². The maximum absolute atomic E-state index is 10.9. The molecule has 0 aliphatic rings. The first kappa shape index (κ1) is 13.2. The first-order valence-corrected chi connectivity index (χ1v) is 5.63. The highest BCUT2D eigenvalue weighted by Gasteiger charge is 2.03. The van der Waals surface area contributed by atoms with Crippen LogP contribution in [0.3, 0.4) is 0 Å². The molecule has 0 aliphatic heterocycles. The Hall–Kier alpha value is -1.90. The fourth-order valence-corrected chi connectivity index (χ4v) is 1.53. The first-order valence-electron chi connectivity index (χ1n) is 5.63. The van der Waals surface area contributed by atoms with Gasteiger partial charge in [0.15, 0.2) is 0 Å². The normalized spacial score (nSPS) is 10.6. The van der Waals surface area contributed by atoms with Crippen molar-refractivity contribution < 1.29 is 4.79 Å². The molecule has 0 atom stereocenters. The molecule has 0 saturated heterocycles. The molecule has 0 unspecified atom stereocenters. The van der Waals surface area contributed by atoms with Crippen LogP contribution in [0.4, 0.5) is 0 Å². The summed E-state index contributed by atoms with van der Waals surface area (Å²) in [5.74, 6) is 0.219. The summed E-state index contributed by atoms with van der Waals surface area (Å²) in [5.41, 5.74) is 1.87. The summed E-state index contributed by atoms with van der Waals surface area (Å²) in [6.07, 6.45) is 10.4. The quantitative estimate of drug-likeness (QED) is 0.675. The molecule has 3 heteroatoms. The number of hydrogen-bond acceptors (Lipinski definition) is 2. The molecular formula is C14H18N2O. The highest BCUT2D eigenvalue weighted by atomic mass is 16.1. The van der Waals surface area contributed by atoms with E-state index in [1.807, 2.05) is 16.7 Å². The molecule has 0 amide bonds. The Balaban J connectivity index is 2.65. The SMILES string of the molecule is C=C/C=C\C(=C)c1cncn1CCCC(C)=O. The summed E-state index contributed by atoms with van der Waals surface area (Å²) < 4.78 is 2.01. The van der Waals surface area contributed by atoms with Crippen molar-refractivity contribution in [3.8, 4) is 0 Å². The largest absolute Gasteiger partial charge is 0.331 e. The second-order valence-electron chi connectivity index (χ2n) is 3.90. The zero-order valence-electron chi connectivity index (χ0n) is 10.2. The van der Waals surface area contributed by atoms with Gasteiger partial charge in [0.2, 0.25) is 0 Å². The van der Waals surface area contributed by atoms with Gasteiger partial charge in [0, 0.05) is 13.0 Å². The fraction of sp³-hybridized carbons (Fsp3) is 0.286. The first-order chi connectivity index (χ1) is 8.15. The van der Waals surface area contributed by atoms with Gasteiger partial charge in [-0.1, -0.05) is 31.4 Å². The molecule has 0 aromatic carbocycles. The van der Waals surface area contributed by atoms with E-state index in [4.69, 9.17) is 0 Å². The molecule has 0 aliphatic carbocycles. The number of aromatic nitrogens is 2. The van der Waals surface area contributed by atoms with Crippen LogP contribution in [0, 0.1) is 0 Å².